The molecule has 0 bridgehead atoms. The van der Waals surface area contributed by atoms with Crippen LogP contribution in [0.2, 0.25) is 0 Å². The highest BCUT2D eigenvalue weighted by Gasteiger charge is 2.13. The van der Waals surface area contributed by atoms with Gasteiger partial charge in [-0.05, 0) is 70.4 Å². The van der Waals surface area contributed by atoms with E-state index in [9.17, 15) is 9.90 Å². The summed E-state index contributed by atoms with van der Waals surface area (Å²) < 4.78 is 13.4. The van der Waals surface area contributed by atoms with E-state index < -0.39 is 5.91 Å². The van der Waals surface area contributed by atoms with Crippen molar-refractivity contribution in [3.8, 4) is 17.2 Å². The number of hydrogen-bond donors (Lipinski definition) is 2. The molecule has 0 spiro atoms. The Balaban J connectivity index is 1.73. The quantitative estimate of drug-likeness (QED) is 0.282. The molecule has 0 radical (unpaired) electrons. The molecule has 0 aliphatic rings. The van der Waals surface area contributed by atoms with Crippen molar-refractivity contribution in [1.29, 1.82) is 0 Å². The van der Waals surface area contributed by atoms with E-state index in [2.05, 4.69) is 42.4 Å². The van der Waals surface area contributed by atoms with Crippen LogP contribution in [0.4, 0.5) is 0 Å². The Bertz CT molecular complexity index is 1090. The molecule has 31 heavy (non-hydrogen) atoms. The third-order valence-electron chi connectivity index (χ3n) is 4.16. The number of phenols is 1. The lowest BCUT2D eigenvalue weighted by atomic mass is 10.2. The number of hydrazone groups is 1. The molecule has 0 saturated heterocycles. The lowest BCUT2D eigenvalue weighted by molar-refractivity contribution is 0.0952. The van der Waals surface area contributed by atoms with Crippen molar-refractivity contribution >= 4 is 44.0 Å². The summed E-state index contributed by atoms with van der Waals surface area (Å²) in [4.78, 5) is 12.1. The first kappa shape index (κ1) is 22.8. The molecule has 0 unspecified atom stereocenters. The van der Waals surface area contributed by atoms with Crippen molar-refractivity contribution in [1.82, 2.24) is 5.43 Å². The van der Waals surface area contributed by atoms with Crippen LogP contribution >= 0.6 is 31.9 Å². The minimum Gasteiger partial charge on any atom is -0.507 e. The third kappa shape index (κ3) is 6.32. The first-order chi connectivity index (χ1) is 15.0. The van der Waals surface area contributed by atoms with E-state index in [-0.39, 0.29) is 11.3 Å². The summed E-state index contributed by atoms with van der Waals surface area (Å²) >= 11 is 6.95. The molecule has 3 rings (SSSR count). The van der Waals surface area contributed by atoms with Crippen LogP contribution in [0.5, 0.6) is 17.2 Å². The normalized spacial score (nSPS) is 10.8. The highest BCUT2D eigenvalue weighted by atomic mass is 79.9. The summed E-state index contributed by atoms with van der Waals surface area (Å²) in [7, 11) is 0. The summed E-state index contributed by atoms with van der Waals surface area (Å²) in [5, 5.41) is 13.7. The molecule has 0 aromatic heterocycles. The standard InChI is InChI=1S/C23H20Br2N2O4/c1-2-30-21-12-16(13-26-27-23(29)18-5-3-4-6-20(18)28)11-19(25)22(21)31-14-15-7-9-17(24)10-8-15/h3-13,28H,2,14H2,1H3,(H,27,29)/b26-13-. The van der Waals surface area contributed by atoms with Gasteiger partial charge >= 0.3 is 0 Å². The maximum absolute atomic E-state index is 12.1. The number of phenolic OH excluding ortho intramolecular Hbond substituents is 1. The zero-order valence-electron chi connectivity index (χ0n) is 16.6. The molecule has 8 heteroatoms. The van der Waals surface area contributed by atoms with Crippen molar-refractivity contribution in [2.45, 2.75) is 13.5 Å². The van der Waals surface area contributed by atoms with Gasteiger partial charge in [-0.3, -0.25) is 4.79 Å². The van der Waals surface area contributed by atoms with Gasteiger partial charge in [-0.15, -0.1) is 0 Å². The van der Waals surface area contributed by atoms with E-state index in [0.717, 1.165) is 10.0 Å². The predicted molar refractivity (Wildman–Crippen MR) is 127 cm³/mol. The largest absolute Gasteiger partial charge is 0.507 e. The smallest absolute Gasteiger partial charge is 0.275 e. The molecule has 0 atom stereocenters. The number of ether oxygens (including phenoxy) is 2. The number of halogens is 2. The number of amides is 1. The van der Waals surface area contributed by atoms with Crippen LogP contribution in [0, 0.1) is 0 Å². The summed E-state index contributed by atoms with van der Waals surface area (Å²) in [5.41, 5.74) is 4.27. The average Bonchev–Trinajstić information content (AvgIpc) is 2.75. The van der Waals surface area contributed by atoms with Crippen molar-refractivity contribution < 1.29 is 19.4 Å². The zero-order valence-corrected chi connectivity index (χ0v) is 19.8. The number of nitrogens with zero attached hydrogens (tertiary/aromatic N) is 1. The molecule has 160 valence electrons. The molecule has 6 nitrogen and oxygen atoms in total. The van der Waals surface area contributed by atoms with Gasteiger partial charge in [-0.2, -0.15) is 5.10 Å². The molecule has 1 amide bonds. The fourth-order valence-electron chi connectivity index (χ4n) is 2.69. The molecule has 3 aromatic carbocycles. The highest BCUT2D eigenvalue weighted by molar-refractivity contribution is 9.10. The fraction of sp³-hybridized carbons (Fsp3) is 0.130. The number of aromatic hydroxyl groups is 1. The van der Waals surface area contributed by atoms with Crippen LogP contribution in [0.25, 0.3) is 0 Å². The van der Waals surface area contributed by atoms with E-state index in [1.165, 1.54) is 18.3 Å². The minimum atomic E-state index is -0.507. The van der Waals surface area contributed by atoms with Crippen LogP contribution in [0.15, 0.2) is 74.7 Å². The summed E-state index contributed by atoms with van der Waals surface area (Å²) in [6.45, 7) is 2.74. The Labute approximate surface area is 197 Å². The van der Waals surface area contributed by atoms with Crippen molar-refractivity contribution in [2.75, 3.05) is 6.61 Å². The van der Waals surface area contributed by atoms with Gasteiger partial charge in [0.2, 0.25) is 0 Å². The second-order valence-electron chi connectivity index (χ2n) is 6.39. The second kappa shape index (κ2) is 11.0. The number of benzene rings is 3. The molecular weight excluding hydrogens is 528 g/mol. The van der Waals surface area contributed by atoms with Gasteiger partial charge in [0.05, 0.1) is 22.9 Å². The van der Waals surface area contributed by atoms with E-state index in [0.29, 0.717) is 34.7 Å². The molecule has 3 aromatic rings. The predicted octanol–water partition coefficient (Wildman–Crippen LogP) is 5.66. The van der Waals surface area contributed by atoms with Crippen LogP contribution in [-0.2, 0) is 6.61 Å². The summed E-state index contributed by atoms with van der Waals surface area (Å²) in [6, 6.07) is 17.7. The van der Waals surface area contributed by atoms with Gasteiger partial charge < -0.3 is 14.6 Å². The van der Waals surface area contributed by atoms with Gasteiger partial charge in [0.25, 0.3) is 5.91 Å². The van der Waals surface area contributed by atoms with E-state index in [4.69, 9.17) is 9.47 Å². The Morgan fingerprint density at radius 2 is 1.84 bits per heavy atom. The molecule has 2 N–H and O–H groups in total. The first-order valence-corrected chi connectivity index (χ1v) is 11.0. The van der Waals surface area contributed by atoms with E-state index in [1.54, 1.807) is 18.2 Å². The third-order valence-corrected chi connectivity index (χ3v) is 5.27. The van der Waals surface area contributed by atoms with Crippen LogP contribution < -0.4 is 14.9 Å². The van der Waals surface area contributed by atoms with E-state index in [1.807, 2.05) is 37.3 Å². The Morgan fingerprint density at radius 3 is 2.55 bits per heavy atom. The summed E-state index contributed by atoms with van der Waals surface area (Å²) in [5.74, 6) is 0.527. The Kier molecular flexibility index (Phi) is 8.08. The van der Waals surface area contributed by atoms with E-state index >= 15 is 0 Å². The zero-order chi connectivity index (χ0) is 22.2. The number of hydrogen-bond acceptors (Lipinski definition) is 5. The lowest BCUT2D eigenvalue weighted by Crippen LogP contribution is -2.17. The molecule has 0 aliphatic heterocycles. The maximum atomic E-state index is 12.1. The number of rotatable bonds is 8. The molecule has 0 aliphatic carbocycles. The molecule has 0 saturated carbocycles. The Hall–Kier alpha value is -2.84. The van der Waals surface area contributed by atoms with Crippen LogP contribution in [0.1, 0.15) is 28.4 Å². The van der Waals surface area contributed by atoms with Gasteiger partial charge in [-0.1, -0.05) is 40.2 Å². The first-order valence-electron chi connectivity index (χ1n) is 9.43. The Morgan fingerprint density at radius 1 is 1.10 bits per heavy atom. The van der Waals surface area contributed by atoms with Gasteiger partial charge in [0, 0.05) is 4.47 Å². The number of carbonyl (C=O) groups excluding carboxylic acids is 1. The SMILES string of the molecule is CCOc1cc(/C=N\NC(=O)c2ccccc2O)cc(Br)c1OCc1ccc(Br)cc1. The molecular formula is C23H20Br2N2O4. The van der Waals surface area contributed by atoms with Crippen molar-refractivity contribution in [3.63, 3.8) is 0 Å². The topological polar surface area (TPSA) is 80.2 Å². The average molecular weight is 548 g/mol. The van der Waals surface area contributed by atoms with Crippen LogP contribution in [0.3, 0.4) is 0 Å². The highest BCUT2D eigenvalue weighted by Crippen LogP contribution is 2.37. The number of carbonyl (C=O) groups is 1. The van der Waals surface area contributed by atoms with Gasteiger partial charge in [0.1, 0.15) is 12.4 Å². The van der Waals surface area contributed by atoms with Crippen molar-refractivity contribution in [2.24, 2.45) is 5.10 Å². The lowest BCUT2D eigenvalue weighted by Gasteiger charge is -2.14. The number of nitrogens with one attached hydrogen (secondary N) is 1. The molecule has 0 fully saturated rings. The van der Waals surface area contributed by atoms with Gasteiger partial charge in [0.15, 0.2) is 11.5 Å². The van der Waals surface area contributed by atoms with Crippen molar-refractivity contribution in [3.05, 3.63) is 86.3 Å². The monoisotopic (exact) mass is 546 g/mol. The van der Waals surface area contributed by atoms with Crippen LogP contribution in [-0.4, -0.2) is 23.8 Å². The number of para-hydroxylation sites is 1. The molecule has 0 heterocycles. The second-order valence-corrected chi connectivity index (χ2v) is 8.16. The summed E-state index contributed by atoms with van der Waals surface area (Å²) in [6.07, 6.45) is 1.49. The minimum absolute atomic E-state index is 0.108. The van der Waals surface area contributed by atoms with Gasteiger partial charge in [-0.25, -0.2) is 5.43 Å². The maximum Gasteiger partial charge on any atom is 0.275 e. The fourth-order valence-corrected chi connectivity index (χ4v) is 3.53.